The lowest BCUT2D eigenvalue weighted by molar-refractivity contribution is -0.130. The number of benzene rings is 3. The van der Waals surface area contributed by atoms with Gasteiger partial charge in [-0.3, -0.25) is 4.79 Å². The fourth-order valence-corrected chi connectivity index (χ4v) is 2.89. The van der Waals surface area contributed by atoms with Crippen LogP contribution in [0.4, 0.5) is 0 Å². The fourth-order valence-electron chi connectivity index (χ4n) is 2.89. The van der Waals surface area contributed by atoms with Crippen LogP contribution in [-0.4, -0.2) is 29.9 Å². The number of aryl methyl sites for hydroxylation is 1. The number of hydrogen-bond donors (Lipinski definition) is 2. The van der Waals surface area contributed by atoms with E-state index in [1.165, 1.54) is 6.21 Å². The van der Waals surface area contributed by atoms with Crippen molar-refractivity contribution in [3.05, 3.63) is 65.7 Å². The predicted molar refractivity (Wildman–Crippen MR) is 102 cm³/mol. The van der Waals surface area contributed by atoms with E-state index in [1.807, 2.05) is 49.4 Å². The Kier molecular flexibility index (Phi) is 4.38. The van der Waals surface area contributed by atoms with Gasteiger partial charge in [0.2, 0.25) is 6.10 Å². The zero-order chi connectivity index (χ0) is 18.8. The highest BCUT2D eigenvalue weighted by atomic mass is 16.6. The molecule has 6 heteroatoms. The number of nitrogens with one attached hydrogen (secondary N) is 1. The molecule has 0 spiro atoms. The second-order valence-electron chi connectivity index (χ2n) is 6.36. The quantitative estimate of drug-likeness (QED) is 0.554. The molecule has 3 aromatic carbocycles. The minimum atomic E-state index is -0.803. The van der Waals surface area contributed by atoms with Gasteiger partial charge in [0.05, 0.1) is 6.21 Å². The lowest BCUT2D eigenvalue weighted by Crippen LogP contribution is -2.42. The van der Waals surface area contributed by atoms with Crippen molar-refractivity contribution in [3.8, 4) is 17.2 Å². The number of hydrazone groups is 1. The molecule has 1 aliphatic heterocycles. The van der Waals surface area contributed by atoms with Crippen LogP contribution < -0.4 is 14.9 Å². The molecule has 0 saturated heterocycles. The summed E-state index contributed by atoms with van der Waals surface area (Å²) in [5.74, 6) is 0.828. The molecule has 0 saturated carbocycles. The van der Waals surface area contributed by atoms with E-state index >= 15 is 0 Å². The van der Waals surface area contributed by atoms with Crippen LogP contribution in [0.2, 0.25) is 0 Å². The predicted octanol–water partition coefficient (Wildman–Crippen LogP) is 3.14. The molecule has 136 valence electrons. The van der Waals surface area contributed by atoms with Gasteiger partial charge in [0, 0.05) is 5.56 Å². The molecule has 27 heavy (non-hydrogen) atoms. The van der Waals surface area contributed by atoms with Gasteiger partial charge in [-0.15, -0.1) is 0 Å². The van der Waals surface area contributed by atoms with Crippen molar-refractivity contribution < 1.29 is 19.4 Å². The van der Waals surface area contributed by atoms with Crippen molar-refractivity contribution in [3.63, 3.8) is 0 Å². The molecule has 1 amide bonds. The second kappa shape index (κ2) is 6.99. The Balaban J connectivity index is 1.44. The Morgan fingerprint density at radius 2 is 1.89 bits per heavy atom. The van der Waals surface area contributed by atoms with Gasteiger partial charge < -0.3 is 14.6 Å². The summed E-state index contributed by atoms with van der Waals surface area (Å²) in [5.41, 5.74) is 3.88. The normalized spacial score (nSPS) is 15.8. The number of carbonyl (C=O) groups excluding carboxylic acids is 1. The Labute approximate surface area is 156 Å². The van der Waals surface area contributed by atoms with Crippen molar-refractivity contribution in [1.82, 2.24) is 5.43 Å². The van der Waals surface area contributed by atoms with Gasteiger partial charge in [-0.05, 0) is 47.5 Å². The second-order valence-corrected chi connectivity index (χ2v) is 6.36. The molecule has 1 heterocycles. The summed E-state index contributed by atoms with van der Waals surface area (Å²) in [6.45, 7) is 1.98. The van der Waals surface area contributed by atoms with Crippen LogP contribution >= 0.6 is 0 Å². The lowest BCUT2D eigenvalue weighted by Gasteiger charge is -2.25. The largest absolute Gasteiger partial charge is 0.507 e. The molecule has 1 aliphatic rings. The molecule has 4 rings (SSSR count). The average molecular weight is 362 g/mol. The monoisotopic (exact) mass is 362 g/mol. The molecule has 0 aliphatic carbocycles. The molecule has 6 nitrogen and oxygen atoms in total. The highest BCUT2D eigenvalue weighted by molar-refractivity contribution is 5.88. The molecule has 0 fully saturated rings. The van der Waals surface area contributed by atoms with Crippen LogP contribution in [0.15, 0.2) is 59.7 Å². The number of aromatic hydroxyl groups is 1. The van der Waals surface area contributed by atoms with Crippen molar-refractivity contribution in [2.45, 2.75) is 13.0 Å². The summed E-state index contributed by atoms with van der Waals surface area (Å²) in [5, 5.41) is 15.8. The SMILES string of the molecule is Cc1ccc(/C=N/NC(=O)[C@@H]2COc3cc4ccccc4cc3O2)c(O)c1. The van der Waals surface area contributed by atoms with Crippen molar-refractivity contribution in [2.24, 2.45) is 5.10 Å². The smallest absolute Gasteiger partial charge is 0.284 e. The van der Waals surface area contributed by atoms with Crippen molar-refractivity contribution in [1.29, 1.82) is 0 Å². The van der Waals surface area contributed by atoms with Crippen LogP contribution in [0, 0.1) is 6.92 Å². The van der Waals surface area contributed by atoms with E-state index in [9.17, 15) is 9.90 Å². The summed E-state index contributed by atoms with van der Waals surface area (Å²) < 4.78 is 11.5. The number of amides is 1. The van der Waals surface area contributed by atoms with E-state index in [0.29, 0.717) is 17.1 Å². The summed E-state index contributed by atoms with van der Waals surface area (Å²) in [4.78, 5) is 12.3. The number of nitrogens with zero attached hydrogens (tertiary/aromatic N) is 1. The molecule has 0 unspecified atom stereocenters. The maximum Gasteiger partial charge on any atom is 0.284 e. The molecule has 0 aromatic heterocycles. The third kappa shape index (κ3) is 3.55. The van der Waals surface area contributed by atoms with Gasteiger partial charge in [-0.25, -0.2) is 5.43 Å². The van der Waals surface area contributed by atoms with E-state index in [-0.39, 0.29) is 12.4 Å². The third-order valence-electron chi connectivity index (χ3n) is 4.33. The van der Waals surface area contributed by atoms with Gasteiger partial charge in [-0.2, -0.15) is 5.10 Å². The number of ether oxygens (including phenoxy) is 2. The van der Waals surface area contributed by atoms with Crippen LogP contribution in [0.3, 0.4) is 0 Å². The maximum absolute atomic E-state index is 12.3. The van der Waals surface area contributed by atoms with Gasteiger partial charge >= 0.3 is 0 Å². The highest BCUT2D eigenvalue weighted by Gasteiger charge is 2.27. The number of carbonyl (C=O) groups is 1. The number of phenols is 1. The number of hydrogen-bond acceptors (Lipinski definition) is 5. The third-order valence-corrected chi connectivity index (χ3v) is 4.33. The molecular weight excluding hydrogens is 344 g/mol. The summed E-state index contributed by atoms with van der Waals surface area (Å²) in [6, 6.07) is 16.8. The van der Waals surface area contributed by atoms with Crippen molar-refractivity contribution >= 4 is 22.9 Å². The molecular formula is C21H18N2O4. The Hall–Kier alpha value is -3.54. The van der Waals surface area contributed by atoms with Crippen LogP contribution in [0.1, 0.15) is 11.1 Å². The average Bonchev–Trinajstić information content (AvgIpc) is 2.67. The zero-order valence-corrected chi connectivity index (χ0v) is 14.7. The van der Waals surface area contributed by atoms with Crippen LogP contribution in [0.25, 0.3) is 10.8 Å². The van der Waals surface area contributed by atoms with E-state index in [4.69, 9.17) is 9.47 Å². The molecule has 1 atom stereocenters. The minimum Gasteiger partial charge on any atom is -0.507 e. The zero-order valence-electron chi connectivity index (χ0n) is 14.7. The Morgan fingerprint density at radius 1 is 1.15 bits per heavy atom. The van der Waals surface area contributed by atoms with Gasteiger partial charge in [-0.1, -0.05) is 30.3 Å². The lowest BCUT2D eigenvalue weighted by atomic mass is 10.1. The van der Waals surface area contributed by atoms with Gasteiger partial charge in [0.1, 0.15) is 12.4 Å². The Bertz CT molecular complexity index is 1050. The number of fused-ring (bicyclic) bond motifs is 2. The van der Waals surface area contributed by atoms with Crippen LogP contribution in [-0.2, 0) is 4.79 Å². The summed E-state index contributed by atoms with van der Waals surface area (Å²) in [6.07, 6.45) is 0.583. The maximum atomic E-state index is 12.3. The Morgan fingerprint density at radius 3 is 2.63 bits per heavy atom. The summed E-state index contributed by atoms with van der Waals surface area (Å²) in [7, 11) is 0. The standard InChI is InChI=1S/C21H18N2O4/c1-13-6-7-16(17(24)8-13)11-22-23-21(25)20-12-26-18-9-14-4-2-3-5-15(14)10-19(18)27-20/h2-11,20,24H,12H2,1H3,(H,23,25)/b22-11+/t20-/m0/s1. The van der Waals surface area contributed by atoms with E-state index < -0.39 is 12.0 Å². The van der Waals surface area contributed by atoms with Gasteiger partial charge in [0.15, 0.2) is 11.5 Å². The van der Waals surface area contributed by atoms with Crippen LogP contribution in [0.5, 0.6) is 17.2 Å². The molecule has 0 bridgehead atoms. The first-order chi connectivity index (χ1) is 13.1. The first kappa shape index (κ1) is 16.9. The summed E-state index contributed by atoms with van der Waals surface area (Å²) >= 11 is 0. The van der Waals surface area contributed by atoms with Crippen molar-refractivity contribution in [2.75, 3.05) is 6.61 Å². The topological polar surface area (TPSA) is 80.2 Å². The number of rotatable bonds is 3. The van der Waals surface area contributed by atoms with Gasteiger partial charge in [0.25, 0.3) is 5.91 Å². The van der Waals surface area contributed by atoms with E-state index in [1.54, 1.807) is 12.1 Å². The fraction of sp³-hybridized carbons (Fsp3) is 0.143. The van der Waals surface area contributed by atoms with E-state index in [2.05, 4.69) is 10.5 Å². The minimum absolute atomic E-state index is 0.0997. The molecule has 3 aromatic rings. The van der Waals surface area contributed by atoms with E-state index in [0.717, 1.165) is 16.3 Å². The first-order valence-electron chi connectivity index (χ1n) is 8.55. The molecule has 2 N–H and O–H groups in total. The molecule has 0 radical (unpaired) electrons. The first-order valence-corrected chi connectivity index (χ1v) is 8.55. The number of phenolic OH excluding ortho intramolecular Hbond substituents is 1. The highest BCUT2D eigenvalue weighted by Crippen LogP contribution is 2.35.